The number of carbonyl (C=O) groups excluding carboxylic acids is 1. The van der Waals surface area contributed by atoms with E-state index in [1.54, 1.807) is 0 Å². The summed E-state index contributed by atoms with van der Waals surface area (Å²) in [5.41, 5.74) is 9.35. The van der Waals surface area contributed by atoms with Gasteiger partial charge in [0.05, 0.1) is 30.3 Å². The molecule has 1 aromatic carbocycles. The van der Waals surface area contributed by atoms with Gasteiger partial charge in [-0.25, -0.2) is 14.8 Å². The zero-order valence-corrected chi connectivity index (χ0v) is 17.1. The molecule has 1 aliphatic rings. The summed E-state index contributed by atoms with van der Waals surface area (Å²) in [6.45, 7) is 5.88. The normalized spacial score (nSPS) is 16.9. The molecule has 1 fully saturated rings. The average molecular weight is 396 g/mol. The maximum Gasteiger partial charge on any atom is 0.344 e. The summed E-state index contributed by atoms with van der Waals surface area (Å²) in [4.78, 5) is 22.5. The van der Waals surface area contributed by atoms with Crippen molar-refractivity contribution in [1.29, 1.82) is 0 Å². The molecule has 0 bridgehead atoms. The van der Waals surface area contributed by atoms with Crippen LogP contribution in [0.2, 0.25) is 0 Å². The third-order valence-corrected chi connectivity index (χ3v) is 5.81. The number of esters is 1. The Hall–Kier alpha value is -2.67. The molecule has 7 nitrogen and oxygen atoms in total. The number of fused-ring (bicyclic) bond motifs is 2. The fraction of sp³-hybridized carbons (Fsp3) is 0.500. The van der Waals surface area contributed by atoms with Gasteiger partial charge >= 0.3 is 5.97 Å². The summed E-state index contributed by atoms with van der Waals surface area (Å²) >= 11 is 0. The van der Waals surface area contributed by atoms with E-state index in [0.29, 0.717) is 41.6 Å². The van der Waals surface area contributed by atoms with Gasteiger partial charge in [0.2, 0.25) is 0 Å². The first kappa shape index (κ1) is 19.6. The predicted octanol–water partition coefficient (Wildman–Crippen LogP) is 3.94. The molecule has 0 saturated carbocycles. The Morgan fingerprint density at radius 1 is 1.28 bits per heavy atom. The van der Waals surface area contributed by atoms with Gasteiger partial charge in [0.25, 0.3) is 0 Å². The van der Waals surface area contributed by atoms with Crippen LogP contribution in [0.4, 0.5) is 5.82 Å². The fourth-order valence-corrected chi connectivity index (χ4v) is 3.89. The largest absolute Gasteiger partial charge is 0.462 e. The molecular weight excluding hydrogens is 368 g/mol. The Morgan fingerprint density at radius 3 is 2.66 bits per heavy atom. The number of nitrogen functional groups attached to an aromatic ring is 1. The van der Waals surface area contributed by atoms with Gasteiger partial charge in [-0.1, -0.05) is 38.8 Å². The molecular formula is C22H28N4O3. The quantitative estimate of drug-likeness (QED) is 0.608. The van der Waals surface area contributed by atoms with Crippen LogP contribution in [0, 0.1) is 5.92 Å². The predicted molar refractivity (Wildman–Crippen MR) is 113 cm³/mol. The summed E-state index contributed by atoms with van der Waals surface area (Å²) in [6.07, 6.45) is 3.99. The van der Waals surface area contributed by atoms with Gasteiger partial charge in [-0.3, -0.25) is 0 Å². The smallest absolute Gasteiger partial charge is 0.344 e. The molecule has 29 heavy (non-hydrogen) atoms. The second-order valence-electron chi connectivity index (χ2n) is 7.67. The van der Waals surface area contributed by atoms with Crippen LogP contribution in [0.1, 0.15) is 49.9 Å². The lowest BCUT2D eigenvalue weighted by molar-refractivity contribution is 0.0436. The molecule has 0 amide bonds. The lowest BCUT2D eigenvalue weighted by Crippen LogP contribution is -2.18. The van der Waals surface area contributed by atoms with Crippen LogP contribution in [0.25, 0.3) is 22.2 Å². The minimum atomic E-state index is -0.435. The van der Waals surface area contributed by atoms with Crippen molar-refractivity contribution in [1.82, 2.24) is 14.5 Å². The van der Waals surface area contributed by atoms with E-state index < -0.39 is 5.97 Å². The zero-order chi connectivity index (χ0) is 20.4. The highest BCUT2D eigenvalue weighted by Gasteiger charge is 2.27. The molecule has 2 N–H and O–H groups in total. The standard InChI is InChI=1S/C22H28N4O3/c1-3-14(4-2)13-29-22(27)18-19-21(25-17-10-6-5-9-16(17)24-19)26(20(18)23)12-15-8-7-11-28-15/h5-6,9-10,14-15H,3-4,7-8,11-13,23H2,1-2H3/t15-/m0/s1. The maximum atomic E-state index is 13.0. The molecule has 7 heteroatoms. The van der Waals surface area contributed by atoms with E-state index >= 15 is 0 Å². The highest BCUT2D eigenvalue weighted by molar-refractivity contribution is 6.08. The fourth-order valence-electron chi connectivity index (χ4n) is 3.89. The lowest BCUT2D eigenvalue weighted by Gasteiger charge is -2.14. The molecule has 1 atom stereocenters. The Morgan fingerprint density at radius 2 is 2.00 bits per heavy atom. The minimum absolute atomic E-state index is 0.0644. The van der Waals surface area contributed by atoms with E-state index in [1.807, 2.05) is 28.8 Å². The average Bonchev–Trinajstić information content (AvgIpc) is 3.34. The van der Waals surface area contributed by atoms with E-state index in [1.165, 1.54) is 0 Å². The molecule has 0 unspecified atom stereocenters. The van der Waals surface area contributed by atoms with Gasteiger partial charge in [0.1, 0.15) is 16.9 Å². The monoisotopic (exact) mass is 396 g/mol. The van der Waals surface area contributed by atoms with Gasteiger partial charge in [-0.05, 0) is 30.9 Å². The maximum absolute atomic E-state index is 13.0. The number of aromatic nitrogens is 3. The van der Waals surface area contributed by atoms with Crippen LogP contribution in [0.5, 0.6) is 0 Å². The van der Waals surface area contributed by atoms with Crippen LogP contribution in [-0.4, -0.2) is 39.8 Å². The Kier molecular flexibility index (Phi) is 5.67. The third kappa shape index (κ3) is 3.79. The molecule has 0 radical (unpaired) electrons. The van der Waals surface area contributed by atoms with Crippen molar-refractivity contribution in [3.63, 3.8) is 0 Å². The number of nitrogens with zero attached hydrogens (tertiary/aromatic N) is 3. The molecule has 154 valence electrons. The molecule has 3 aromatic rings. The van der Waals surface area contributed by atoms with Crippen LogP contribution in [0.3, 0.4) is 0 Å². The van der Waals surface area contributed by atoms with Crippen molar-refractivity contribution in [2.75, 3.05) is 18.9 Å². The van der Waals surface area contributed by atoms with Crippen LogP contribution >= 0.6 is 0 Å². The van der Waals surface area contributed by atoms with Crippen molar-refractivity contribution in [3.8, 4) is 0 Å². The van der Waals surface area contributed by atoms with Gasteiger partial charge in [-0.2, -0.15) is 0 Å². The van der Waals surface area contributed by atoms with Crippen molar-refractivity contribution < 1.29 is 14.3 Å². The minimum Gasteiger partial charge on any atom is -0.462 e. The van der Waals surface area contributed by atoms with Gasteiger partial charge in [0, 0.05) is 6.61 Å². The number of benzene rings is 1. The number of hydrogen-bond donors (Lipinski definition) is 1. The molecule has 1 aliphatic heterocycles. The topological polar surface area (TPSA) is 92.3 Å². The Labute approximate surface area is 170 Å². The summed E-state index contributed by atoms with van der Waals surface area (Å²) in [7, 11) is 0. The zero-order valence-electron chi connectivity index (χ0n) is 17.1. The Balaban J connectivity index is 1.78. The highest BCUT2D eigenvalue weighted by atomic mass is 16.5. The summed E-state index contributed by atoms with van der Waals surface area (Å²) in [6, 6.07) is 7.62. The lowest BCUT2D eigenvalue weighted by atomic mass is 10.1. The van der Waals surface area contributed by atoms with E-state index in [0.717, 1.165) is 43.3 Å². The molecule has 3 heterocycles. The molecule has 0 aliphatic carbocycles. The first-order valence-corrected chi connectivity index (χ1v) is 10.5. The third-order valence-electron chi connectivity index (χ3n) is 5.81. The highest BCUT2D eigenvalue weighted by Crippen LogP contribution is 2.30. The van der Waals surface area contributed by atoms with Gasteiger partial charge < -0.3 is 19.8 Å². The molecule has 0 spiro atoms. The number of rotatable bonds is 7. The van der Waals surface area contributed by atoms with Crippen LogP contribution in [-0.2, 0) is 16.0 Å². The Bertz CT molecular complexity index is 1020. The second kappa shape index (κ2) is 8.37. The van der Waals surface area contributed by atoms with Gasteiger partial charge in [0.15, 0.2) is 5.65 Å². The van der Waals surface area contributed by atoms with Gasteiger partial charge in [-0.15, -0.1) is 0 Å². The number of nitrogens with two attached hydrogens (primary N) is 1. The van der Waals surface area contributed by atoms with Crippen LogP contribution in [0.15, 0.2) is 24.3 Å². The van der Waals surface area contributed by atoms with E-state index in [9.17, 15) is 4.79 Å². The van der Waals surface area contributed by atoms with Crippen molar-refractivity contribution >= 4 is 34.0 Å². The number of anilines is 1. The molecule has 2 aromatic heterocycles. The van der Waals surface area contributed by atoms with E-state index in [-0.39, 0.29) is 6.10 Å². The molecule has 1 saturated heterocycles. The van der Waals surface area contributed by atoms with Crippen LogP contribution < -0.4 is 5.73 Å². The van der Waals surface area contributed by atoms with Crippen molar-refractivity contribution in [2.45, 2.75) is 52.2 Å². The van der Waals surface area contributed by atoms with E-state index in [4.69, 9.17) is 25.2 Å². The summed E-state index contributed by atoms with van der Waals surface area (Å²) < 4.78 is 13.3. The number of ether oxygens (including phenoxy) is 2. The SMILES string of the molecule is CCC(CC)COC(=O)c1c(N)n(C[C@@H]2CCCO2)c2nc3ccccc3nc12. The number of para-hydroxylation sites is 2. The first-order valence-electron chi connectivity index (χ1n) is 10.5. The number of hydrogen-bond acceptors (Lipinski definition) is 6. The van der Waals surface area contributed by atoms with Crippen molar-refractivity contribution in [3.05, 3.63) is 29.8 Å². The summed E-state index contributed by atoms with van der Waals surface area (Å²) in [5, 5.41) is 0. The first-order chi connectivity index (χ1) is 14.1. The molecule has 4 rings (SSSR count). The summed E-state index contributed by atoms with van der Waals surface area (Å²) in [5.74, 6) is 0.253. The van der Waals surface area contributed by atoms with E-state index in [2.05, 4.69) is 13.8 Å². The van der Waals surface area contributed by atoms with Crippen molar-refractivity contribution in [2.24, 2.45) is 5.92 Å². The number of carbonyl (C=O) groups is 1. The second-order valence-corrected chi connectivity index (χ2v) is 7.67.